The lowest BCUT2D eigenvalue weighted by Crippen LogP contribution is -2.49. The molecule has 10 heteroatoms. The molecule has 7 atom stereocenters. The second-order valence-corrected chi connectivity index (χ2v) is 16.3. The van der Waals surface area contributed by atoms with Crippen LogP contribution in [0.4, 0.5) is 5.69 Å². The van der Waals surface area contributed by atoms with Crippen molar-refractivity contribution in [2.75, 3.05) is 31.2 Å². The van der Waals surface area contributed by atoms with E-state index in [1.54, 1.807) is 18.2 Å². The van der Waals surface area contributed by atoms with Crippen LogP contribution in [-0.2, 0) is 26.6 Å². The summed E-state index contributed by atoms with van der Waals surface area (Å²) in [7, 11) is -4.02. The standard InChI is InChI=1S/C35H43ClN2O6S/c1-22-4-2-6-31(39)28-10-7-25(28)19-38-20-35(14-3-5-23-16-26(36)9-11-29(23)35)21-44-32-12-8-24(17-30(32)38)34(40)37-45(41,42)33(22)18-27-13-15-43-27/h2,6,8-9,11-12,16-17,22,25,27-28,31,33,39H,3-5,7,10,13-15,18-21H2,1H3,(H,37,40)/b6-2-/t22-,25+,27-,28-,31+,33+,35+/m1/s1. The molecule has 0 aromatic heterocycles. The molecule has 2 fully saturated rings. The average Bonchev–Trinajstić information content (AvgIpc) is 3.10. The lowest BCUT2D eigenvalue weighted by atomic mass is 9.68. The van der Waals surface area contributed by atoms with Crippen molar-refractivity contribution in [3.63, 3.8) is 0 Å². The third-order valence-electron chi connectivity index (χ3n) is 11.1. The number of rotatable bonds is 2. The van der Waals surface area contributed by atoms with Crippen molar-refractivity contribution < 1.29 is 27.8 Å². The summed E-state index contributed by atoms with van der Waals surface area (Å²) in [4.78, 5) is 16.0. The molecule has 1 saturated carbocycles. The second-order valence-electron chi connectivity index (χ2n) is 14.0. The summed E-state index contributed by atoms with van der Waals surface area (Å²) in [5, 5.41) is 11.2. The summed E-state index contributed by atoms with van der Waals surface area (Å²) < 4.78 is 42.1. The van der Waals surface area contributed by atoms with Gasteiger partial charge in [-0.3, -0.25) is 4.79 Å². The molecule has 2 N–H and O–H groups in total. The maximum atomic E-state index is 13.7. The first-order chi connectivity index (χ1) is 21.6. The SMILES string of the molecule is C[C@@H]1C/C=C\[C@H](O)[C@@H]2CC[C@H]2CN2C[C@@]3(CCCc4cc(Cl)ccc43)COc3ccc(cc32)C(=O)NS(=O)(=O)[C@H]1C[C@H]1CCO1. The third-order valence-corrected chi connectivity index (χ3v) is 13.2. The Kier molecular flexibility index (Phi) is 8.42. The molecule has 3 aliphatic heterocycles. The maximum Gasteiger partial charge on any atom is 0.264 e. The lowest BCUT2D eigenvalue weighted by molar-refractivity contribution is -0.0564. The number of aliphatic hydroxyl groups is 1. The molecule has 7 rings (SSSR count). The molecular weight excluding hydrogens is 612 g/mol. The van der Waals surface area contributed by atoms with Gasteiger partial charge in [0.05, 0.1) is 29.8 Å². The van der Waals surface area contributed by atoms with Crippen LogP contribution in [0.1, 0.15) is 73.4 Å². The Balaban J connectivity index is 1.27. The normalized spacial score (nSPS) is 35.0. The van der Waals surface area contributed by atoms with Crippen molar-refractivity contribution in [1.82, 2.24) is 4.72 Å². The van der Waals surface area contributed by atoms with Crippen molar-refractivity contribution in [1.29, 1.82) is 0 Å². The Hall–Kier alpha value is -2.59. The molecule has 45 heavy (non-hydrogen) atoms. The van der Waals surface area contributed by atoms with E-state index in [4.69, 9.17) is 21.1 Å². The van der Waals surface area contributed by atoms with Crippen LogP contribution in [0.25, 0.3) is 0 Å². The number of nitrogens with zero attached hydrogens (tertiary/aromatic N) is 1. The quantitative estimate of drug-likeness (QED) is 0.418. The fraction of sp³-hybridized carbons (Fsp3) is 0.571. The first-order valence-electron chi connectivity index (χ1n) is 16.4. The Bertz CT molecular complexity index is 1590. The van der Waals surface area contributed by atoms with Gasteiger partial charge in [-0.15, -0.1) is 0 Å². The van der Waals surface area contributed by atoms with Crippen LogP contribution >= 0.6 is 11.6 Å². The molecule has 2 aliphatic carbocycles. The van der Waals surface area contributed by atoms with E-state index in [0.29, 0.717) is 44.9 Å². The van der Waals surface area contributed by atoms with Gasteiger partial charge in [0.15, 0.2) is 0 Å². The van der Waals surface area contributed by atoms with E-state index in [1.807, 2.05) is 25.1 Å². The van der Waals surface area contributed by atoms with Crippen molar-refractivity contribution >= 4 is 33.2 Å². The van der Waals surface area contributed by atoms with E-state index in [1.165, 1.54) is 11.1 Å². The number of allylic oxidation sites excluding steroid dienone is 1. The summed E-state index contributed by atoms with van der Waals surface area (Å²) >= 11 is 6.41. The van der Waals surface area contributed by atoms with E-state index in [9.17, 15) is 18.3 Å². The van der Waals surface area contributed by atoms with Gasteiger partial charge in [0.25, 0.3) is 5.91 Å². The molecule has 2 aromatic rings. The molecule has 8 nitrogen and oxygen atoms in total. The Morgan fingerprint density at radius 2 is 2.00 bits per heavy atom. The number of nitrogens with one attached hydrogen (secondary N) is 1. The third kappa shape index (κ3) is 6.01. The van der Waals surface area contributed by atoms with E-state index in [-0.39, 0.29) is 34.8 Å². The summed E-state index contributed by atoms with van der Waals surface area (Å²) in [6, 6.07) is 11.4. The monoisotopic (exact) mass is 654 g/mol. The average molecular weight is 655 g/mol. The van der Waals surface area contributed by atoms with Crippen LogP contribution < -0.4 is 14.4 Å². The zero-order valence-electron chi connectivity index (χ0n) is 25.8. The van der Waals surface area contributed by atoms with E-state index < -0.39 is 27.3 Å². The van der Waals surface area contributed by atoms with Gasteiger partial charge in [0.2, 0.25) is 10.0 Å². The highest BCUT2D eigenvalue weighted by molar-refractivity contribution is 7.90. The van der Waals surface area contributed by atoms with E-state index in [0.717, 1.165) is 49.2 Å². The van der Waals surface area contributed by atoms with Crippen LogP contribution in [0, 0.1) is 17.8 Å². The van der Waals surface area contributed by atoms with Crippen molar-refractivity contribution in [2.24, 2.45) is 17.8 Å². The van der Waals surface area contributed by atoms with Gasteiger partial charge in [0, 0.05) is 35.7 Å². The predicted octanol–water partition coefficient (Wildman–Crippen LogP) is 5.40. The fourth-order valence-electron chi connectivity index (χ4n) is 8.19. The number of carbonyl (C=O) groups is 1. The van der Waals surface area contributed by atoms with E-state index in [2.05, 4.69) is 21.8 Å². The van der Waals surface area contributed by atoms with Crippen molar-refractivity contribution in [2.45, 2.75) is 81.2 Å². The number of benzene rings is 2. The van der Waals surface area contributed by atoms with Gasteiger partial charge in [0.1, 0.15) is 5.75 Å². The van der Waals surface area contributed by atoms with E-state index >= 15 is 0 Å². The van der Waals surface area contributed by atoms with Crippen LogP contribution in [-0.4, -0.2) is 63.2 Å². The van der Waals surface area contributed by atoms with Crippen molar-refractivity contribution in [3.8, 4) is 5.75 Å². The number of aryl methyl sites for hydroxylation is 1. The number of hydrogen-bond donors (Lipinski definition) is 2. The largest absolute Gasteiger partial charge is 0.490 e. The van der Waals surface area contributed by atoms with Gasteiger partial charge in [-0.2, -0.15) is 0 Å². The fourth-order valence-corrected chi connectivity index (χ4v) is 10.1. The highest BCUT2D eigenvalue weighted by Crippen LogP contribution is 2.47. The minimum absolute atomic E-state index is 0.111. The zero-order chi connectivity index (χ0) is 31.3. The van der Waals surface area contributed by atoms with Gasteiger partial charge in [-0.1, -0.05) is 36.7 Å². The number of sulfonamides is 1. The molecule has 1 amide bonds. The first-order valence-corrected chi connectivity index (χ1v) is 18.4. The van der Waals surface area contributed by atoms with Crippen molar-refractivity contribution in [3.05, 3.63) is 70.3 Å². The number of ether oxygens (including phenoxy) is 2. The highest BCUT2D eigenvalue weighted by Gasteiger charge is 2.44. The summed E-state index contributed by atoms with van der Waals surface area (Å²) in [6.45, 7) is 4.41. The Labute approximate surface area is 271 Å². The first kappa shape index (κ1) is 31.0. The molecule has 0 unspecified atom stereocenters. The molecule has 2 aromatic carbocycles. The zero-order valence-corrected chi connectivity index (χ0v) is 27.4. The maximum absolute atomic E-state index is 13.7. The summed E-state index contributed by atoms with van der Waals surface area (Å²) in [5.74, 6) is 0.153. The number of amides is 1. The van der Waals surface area contributed by atoms with Crippen LogP contribution in [0.5, 0.6) is 5.75 Å². The number of aliphatic hydroxyl groups excluding tert-OH is 1. The lowest BCUT2D eigenvalue weighted by Gasteiger charge is -2.45. The summed E-state index contributed by atoms with van der Waals surface area (Å²) in [6.07, 6.45) is 9.55. The van der Waals surface area contributed by atoms with Crippen LogP contribution in [0.15, 0.2) is 48.6 Å². The highest BCUT2D eigenvalue weighted by atomic mass is 35.5. The second kappa shape index (κ2) is 12.2. The number of anilines is 1. The molecule has 2 bridgehead atoms. The number of halogens is 1. The predicted molar refractivity (Wildman–Crippen MR) is 175 cm³/mol. The molecule has 0 radical (unpaired) electrons. The van der Waals surface area contributed by atoms with Crippen LogP contribution in [0.3, 0.4) is 0 Å². The van der Waals surface area contributed by atoms with Gasteiger partial charge in [-0.05, 0) is 111 Å². The van der Waals surface area contributed by atoms with Gasteiger partial charge in [-0.25, -0.2) is 13.1 Å². The molecule has 242 valence electrons. The smallest absolute Gasteiger partial charge is 0.264 e. The molecular formula is C35H43ClN2O6S. The molecule has 3 heterocycles. The van der Waals surface area contributed by atoms with Gasteiger partial charge < -0.3 is 19.5 Å². The molecule has 1 saturated heterocycles. The van der Waals surface area contributed by atoms with Gasteiger partial charge >= 0.3 is 0 Å². The molecule has 1 spiro atoms. The number of fused-ring (bicyclic) bond motifs is 4. The number of hydrogen-bond acceptors (Lipinski definition) is 7. The van der Waals surface area contributed by atoms with Crippen LogP contribution in [0.2, 0.25) is 5.02 Å². The topological polar surface area (TPSA) is 105 Å². The Morgan fingerprint density at radius 3 is 2.76 bits per heavy atom. The minimum Gasteiger partial charge on any atom is -0.490 e. The molecule has 5 aliphatic rings. The number of carbonyl (C=O) groups excluding carboxylic acids is 1. The summed E-state index contributed by atoms with van der Waals surface area (Å²) in [5.41, 5.74) is 3.30. The minimum atomic E-state index is -4.02. The Morgan fingerprint density at radius 1 is 1.16 bits per heavy atom.